The van der Waals surface area contributed by atoms with Crippen molar-refractivity contribution in [1.82, 2.24) is 34.2 Å². The molecular weight excluding hydrogens is 558 g/mol. The van der Waals surface area contributed by atoms with E-state index in [2.05, 4.69) is 26.3 Å². The number of hydrogen-bond acceptors (Lipinski definition) is 9. The molecule has 2 aliphatic rings. The van der Waals surface area contributed by atoms with Crippen molar-refractivity contribution in [1.29, 1.82) is 5.26 Å². The van der Waals surface area contributed by atoms with E-state index in [1.165, 1.54) is 10.9 Å². The van der Waals surface area contributed by atoms with Crippen molar-refractivity contribution < 1.29 is 9.53 Å². The van der Waals surface area contributed by atoms with E-state index < -0.39 is 5.54 Å². The van der Waals surface area contributed by atoms with E-state index in [0.29, 0.717) is 48.0 Å². The Morgan fingerprint density at radius 1 is 1.09 bits per heavy atom. The number of nitrogens with zero attached hydrogens (tertiary/aromatic N) is 7. The number of carbonyl (C=O) groups is 1. The number of nitriles is 1. The van der Waals surface area contributed by atoms with E-state index in [-0.39, 0.29) is 28.9 Å². The SMILES string of the molecule is CC(C)(/C=C(/C#N)C(=O)N1CC(Cn2c(=O)n(-c3ccc(Oc4ccccc4)cc3)c3c(N)ncnc32)C1)N1CCNCC1. The Morgan fingerprint density at radius 3 is 2.45 bits per heavy atom. The molecule has 44 heavy (non-hydrogen) atoms. The summed E-state index contributed by atoms with van der Waals surface area (Å²) in [5, 5.41) is 13.2. The molecule has 0 unspecified atom stereocenters. The van der Waals surface area contributed by atoms with Gasteiger partial charge in [-0.25, -0.2) is 14.8 Å². The predicted molar refractivity (Wildman–Crippen MR) is 166 cm³/mol. The summed E-state index contributed by atoms with van der Waals surface area (Å²) in [4.78, 5) is 39.5. The first-order chi connectivity index (χ1) is 21.2. The Hall–Kier alpha value is -4.99. The fourth-order valence-electron chi connectivity index (χ4n) is 5.90. The molecule has 0 atom stereocenters. The second kappa shape index (κ2) is 11.9. The molecule has 4 heterocycles. The maximum Gasteiger partial charge on any atom is 0.335 e. The van der Waals surface area contributed by atoms with Crippen molar-refractivity contribution in [3.05, 3.63) is 83.1 Å². The van der Waals surface area contributed by atoms with E-state index in [0.717, 1.165) is 26.2 Å². The first kappa shape index (κ1) is 29.1. The molecular formula is C32H35N9O3. The summed E-state index contributed by atoms with van der Waals surface area (Å²) in [7, 11) is 0. The topological polar surface area (TPSA) is 147 Å². The predicted octanol–water partition coefficient (Wildman–Crippen LogP) is 2.55. The third-order valence-electron chi connectivity index (χ3n) is 8.27. The fraction of sp³-hybridized carbons (Fsp3) is 0.344. The molecule has 0 aliphatic carbocycles. The van der Waals surface area contributed by atoms with Crippen LogP contribution >= 0.6 is 0 Å². The Labute approximate surface area is 255 Å². The first-order valence-corrected chi connectivity index (χ1v) is 14.7. The van der Waals surface area contributed by atoms with Gasteiger partial charge in [0.15, 0.2) is 11.5 Å². The summed E-state index contributed by atoms with van der Waals surface area (Å²) >= 11 is 0. The second-order valence-corrected chi connectivity index (χ2v) is 11.7. The molecule has 2 saturated heterocycles. The van der Waals surface area contributed by atoms with E-state index in [4.69, 9.17) is 10.5 Å². The standard InChI is InChI=1S/C32H35N9O3/c1-32(2,39-14-12-35-13-15-39)16-23(17-33)30(42)38-18-22(19-38)20-40-29-27(28(34)36-21-37-29)41(31(40)43)24-8-10-26(11-9-24)44-25-6-4-3-5-7-25/h3-11,16,21-22,35H,12-15,18-20H2,1-2H3,(H2,34,36,37)/b23-16-. The molecule has 2 aromatic heterocycles. The Morgan fingerprint density at radius 2 is 1.77 bits per heavy atom. The molecule has 0 bridgehead atoms. The van der Waals surface area contributed by atoms with Crippen LogP contribution in [0.25, 0.3) is 16.9 Å². The summed E-state index contributed by atoms with van der Waals surface area (Å²) < 4.78 is 8.99. The van der Waals surface area contributed by atoms with Crippen LogP contribution in [0, 0.1) is 17.2 Å². The van der Waals surface area contributed by atoms with Crippen LogP contribution in [0.1, 0.15) is 13.8 Å². The molecule has 1 amide bonds. The number of fused-ring (bicyclic) bond motifs is 1. The number of rotatable bonds is 8. The number of amides is 1. The van der Waals surface area contributed by atoms with Crippen LogP contribution in [-0.2, 0) is 11.3 Å². The number of piperazine rings is 1. The van der Waals surface area contributed by atoms with Gasteiger partial charge in [0, 0.05) is 57.3 Å². The van der Waals surface area contributed by atoms with Gasteiger partial charge >= 0.3 is 5.69 Å². The number of imidazole rings is 1. The van der Waals surface area contributed by atoms with Gasteiger partial charge < -0.3 is 20.7 Å². The Bertz CT molecular complexity index is 1790. The van der Waals surface area contributed by atoms with Gasteiger partial charge in [0.25, 0.3) is 5.91 Å². The summed E-state index contributed by atoms with van der Waals surface area (Å²) in [6.45, 7) is 8.71. The quantitative estimate of drug-likeness (QED) is 0.232. The zero-order chi connectivity index (χ0) is 30.8. The lowest BCUT2D eigenvalue weighted by Crippen LogP contribution is -2.54. The third-order valence-corrected chi connectivity index (χ3v) is 8.27. The molecule has 0 radical (unpaired) electrons. The zero-order valence-electron chi connectivity index (χ0n) is 24.8. The number of nitrogen functional groups attached to an aromatic ring is 1. The van der Waals surface area contributed by atoms with Crippen molar-refractivity contribution in [3.63, 3.8) is 0 Å². The van der Waals surface area contributed by atoms with Gasteiger partial charge in [-0.2, -0.15) is 5.26 Å². The lowest BCUT2D eigenvalue weighted by molar-refractivity contribution is -0.133. The smallest absolute Gasteiger partial charge is 0.335 e. The van der Waals surface area contributed by atoms with E-state index in [1.54, 1.807) is 39.8 Å². The maximum atomic E-state index is 13.8. The largest absolute Gasteiger partial charge is 0.457 e. The van der Waals surface area contributed by atoms with Crippen LogP contribution < -0.4 is 21.5 Å². The van der Waals surface area contributed by atoms with Crippen LogP contribution in [0.2, 0.25) is 0 Å². The fourth-order valence-corrected chi connectivity index (χ4v) is 5.90. The van der Waals surface area contributed by atoms with Crippen LogP contribution in [0.4, 0.5) is 5.82 Å². The van der Waals surface area contributed by atoms with Crippen LogP contribution in [0.15, 0.2) is 77.4 Å². The number of likely N-dealkylation sites (tertiary alicyclic amines) is 1. The van der Waals surface area contributed by atoms with Crippen LogP contribution in [0.3, 0.4) is 0 Å². The zero-order valence-corrected chi connectivity index (χ0v) is 24.8. The van der Waals surface area contributed by atoms with Gasteiger partial charge in [0.2, 0.25) is 0 Å². The molecule has 3 N–H and O–H groups in total. The number of carbonyl (C=O) groups excluding carboxylic acids is 1. The van der Waals surface area contributed by atoms with Gasteiger partial charge in [-0.3, -0.25) is 18.8 Å². The number of para-hydroxylation sites is 1. The highest BCUT2D eigenvalue weighted by molar-refractivity contribution is 5.98. The van der Waals surface area contributed by atoms with Crippen molar-refractivity contribution in [3.8, 4) is 23.3 Å². The van der Waals surface area contributed by atoms with E-state index in [1.807, 2.05) is 44.2 Å². The van der Waals surface area contributed by atoms with Gasteiger partial charge in [-0.05, 0) is 56.3 Å². The molecule has 2 aromatic carbocycles. The van der Waals surface area contributed by atoms with Crippen molar-refractivity contribution in [2.24, 2.45) is 5.92 Å². The van der Waals surface area contributed by atoms with Crippen LogP contribution in [-0.4, -0.2) is 79.6 Å². The van der Waals surface area contributed by atoms with Crippen molar-refractivity contribution >= 4 is 22.9 Å². The molecule has 0 spiro atoms. The van der Waals surface area contributed by atoms with Gasteiger partial charge in [0.1, 0.15) is 35.0 Å². The highest BCUT2D eigenvalue weighted by Crippen LogP contribution is 2.27. The van der Waals surface area contributed by atoms with Crippen molar-refractivity contribution in [2.45, 2.75) is 25.9 Å². The Balaban J connectivity index is 1.19. The summed E-state index contributed by atoms with van der Waals surface area (Å²) in [6, 6.07) is 18.7. The molecule has 2 aliphatic heterocycles. The van der Waals surface area contributed by atoms with Gasteiger partial charge in [0.05, 0.1) is 5.69 Å². The van der Waals surface area contributed by atoms with Gasteiger partial charge in [-0.1, -0.05) is 18.2 Å². The van der Waals surface area contributed by atoms with Crippen LogP contribution in [0.5, 0.6) is 11.5 Å². The summed E-state index contributed by atoms with van der Waals surface area (Å²) in [6.07, 6.45) is 3.12. The first-order valence-electron chi connectivity index (χ1n) is 14.7. The number of nitrogens with two attached hydrogens (primary N) is 1. The number of nitrogens with one attached hydrogen (secondary N) is 1. The van der Waals surface area contributed by atoms with E-state index >= 15 is 0 Å². The molecule has 226 valence electrons. The highest BCUT2D eigenvalue weighted by Gasteiger charge is 2.35. The summed E-state index contributed by atoms with van der Waals surface area (Å²) in [5.74, 6) is 1.25. The minimum absolute atomic E-state index is 0.00894. The minimum atomic E-state index is -0.423. The maximum absolute atomic E-state index is 13.8. The van der Waals surface area contributed by atoms with E-state index in [9.17, 15) is 14.9 Å². The van der Waals surface area contributed by atoms with Crippen molar-refractivity contribution in [2.75, 3.05) is 45.0 Å². The number of hydrogen-bond donors (Lipinski definition) is 2. The minimum Gasteiger partial charge on any atom is -0.457 e. The number of benzene rings is 2. The highest BCUT2D eigenvalue weighted by atomic mass is 16.5. The lowest BCUT2D eigenvalue weighted by Gasteiger charge is -2.41. The third kappa shape index (κ3) is 5.67. The number of aromatic nitrogens is 4. The van der Waals surface area contributed by atoms with Gasteiger partial charge in [-0.15, -0.1) is 0 Å². The molecule has 12 heteroatoms. The molecule has 0 saturated carbocycles. The Kier molecular flexibility index (Phi) is 7.90. The monoisotopic (exact) mass is 593 g/mol. The average molecular weight is 594 g/mol. The molecule has 6 rings (SSSR count). The average Bonchev–Trinajstić information content (AvgIpc) is 3.30. The number of anilines is 1. The molecule has 2 fully saturated rings. The lowest BCUT2D eigenvalue weighted by atomic mass is 9.95. The second-order valence-electron chi connectivity index (χ2n) is 11.7. The molecule has 12 nitrogen and oxygen atoms in total. The molecule has 4 aromatic rings. The normalized spacial score (nSPS) is 16.5. The summed E-state index contributed by atoms with van der Waals surface area (Å²) in [5.41, 5.74) is 7.12. The number of ether oxygens (including phenoxy) is 1.